The monoisotopic (exact) mass is 279 g/mol. The lowest BCUT2D eigenvalue weighted by atomic mass is 9.86. The van der Waals surface area contributed by atoms with Gasteiger partial charge in [0.05, 0.1) is 0 Å². The Balaban J connectivity index is 2.42. The number of rotatable bonds is 7. The van der Waals surface area contributed by atoms with Gasteiger partial charge in [-0.25, -0.2) is 0 Å². The Bertz CT molecular complexity index is 351. The Morgan fingerprint density at radius 2 is 1.74 bits per heavy atom. The van der Waals surface area contributed by atoms with Gasteiger partial charge >= 0.3 is 0 Å². The van der Waals surface area contributed by atoms with E-state index in [1.165, 1.54) is 36.1 Å². The molecule has 0 aliphatic carbocycles. The van der Waals surface area contributed by atoms with Gasteiger partial charge in [0.1, 0.15) is 0 Å². The molecule has 2 heteroatoms. The molecule has 1 atom stereocenters. The van der Waals surface area contributed by atoms with Crippen LogP contribution >= 0.6 is 11.8 Å². The maximum Gasteiger partial charge on any atom is 0.0386 e. The summed E-state index contributed by atoms with van der Waals surface area (Å²) in [7, 11) is 0. The highest BCUT2D eigenvalue weighted by Gasteiger charge is 2.14. The van der Waals surface area contributed by atoms with Crippen LogP contribution in [-0.2, 0) is 5.41 Å². The molecule has 0 amide bonds. The lowest BCUT2D eigenvalue weighted by molar-refractivity contribution is 0.589. The molecule has 1 aromatic carbocycles. The van der Waals surface area contributed by atoms with Gasteiger partial charge in [0.25, 0.3) is 0 Å². The van der Waals surface area contributed by atoms with Gasteiger partial charge in [-0.1, -0.05) is 64.8 Å². The number of unbranched alkanes of at least 4 members (excludes halogenated alkanes) is 2. The molecule has 108 valence electrons. The van der Waals surface area contributed by atoms with Crippen molar-refractivity contribution in [2.24, 2.45) is 5.73 Å². The average Bonchev–Trinajstić information content (AvgIpc) is 2.37. The fourth-order valence-corrected chi connectivity index (χ4v) is 3.01. The van der Waals surface area contributed by atoms with Gasteiger partial charge in [0, 0.05) is 11.8 Å². The highest BCUT2D eigenvalue weighted by molar-refractivity contribution is 7.99. The van der Waals surface area contributed by atoms with Crippen LogP contribution < -0.4 is 5.73 Å². The van der Waals surface area contributed by atoms with Gasteiger partial charge in [0.2, 0.25) is 0 Å². The van der Waals surface area contributed by atoms with Crippen LogP contribution in [0.5, 0.6) is 0 Å². The number of benzene rings is 1. The summed E-state index contributed by atoms with van der Waals surface area (Å²) in [6.45, 7) is 8.97. The van der Waals surface area contributed by atoms with E-state index >= 15 is 0 Å². The van der Waals surface area contributed by atoms with Crippen LogP contribution in [0.25, 0.3) is 0 Å². The van der Waals surface area contributed by atoms with E-state index in [2.05, 4.69) is 52.0 Å². The minimum Gasteiger partial charge on any atom is -0.323 e. The molecule has 0 fully saturated rings. The largest absolute Gasteiger partial charge is 0.323 e. The molecule has 0 bridgehead atoms. The van der Waals surface area contributed by atoms with Crippen molar-refractivity contribution in [3.05, 3.63) is 35.4 Å². The maximum atomic E-state index is 6.25. The number of hydrogen-bond donors (Lipinski definition) is 1. The van der Waals surface area contributed by atoms with Gasteiger partial charge in [0.15, 0.2) is 0 Å². The van der Waals surface area contributed by atoms with E-state index in [1.54, 1.807) is 0 Å². The molecular weight excluding hydrogens is 250 g/mol. The van der Waals surface area contributed by atoms with Crippen LogP contribution in [0.15, 0.2) is 24.3 Å². The molecule has 0 spiro atoms. The summed E-state index contributed by atoms with van der Waals surface area (Å²) in [5.74, 6) is 2.26. The second-order valence-corrected chi connectivity index (χ2v) is 7.41. The Hall–Kier alpha value is -0.470. The fourth-order valence-electron chi connectivity index (χ4n) is 1.99. The van der Waals surface area contributed by atoms with Crippen LogP contribution in [0.1, 0.15) is 64.1 Å². The van der Waals surface area contributed by atoms with Gasteiger partial charge in [-0.05, 0) is 28.7 Å². The van der Waals surface area contributed by atoms with Crippen LogP contribution in [0, 0.1) is 0 Å². The number of thioether (sulfide) groups is 1. The van der Waals surface area contributed by atoms with E-state index < -0.39 is 0 Å². The van der Waals surface area contributed by atoms with Crippen molar-refractivity contribution in [3.63, 3.8) is 0 Å². The van der Waals surface area contributed by atoms with Gasteiger partial charge < -0.3 is 5.73 Å². The minimum absolute atomic E-state index is 0.167. The molecular formula is C17H29NS. The predicted molar refractivity (Wildman–Crippen MR) is 88.9 cm³/mol. The summed E-state index contributed by atoms with van der Waals surface area (Å²) in [6, 6.07) is 8.99. The third kappa shape index (κ3) is 6.01. The van der Waals surface area contributed by atoms with Crippen LogP contribution in [0.4, 0.5) is 0 Å². The Morgan fingerprint density at radius 3 is 2.26 bits per heavy atom. The predicted octanol–water partition coefficient (Wildman–Crippen LogP) is 4.91. The standard InChI is InChI=1S/C17H29NS/c1-5-6-7-12-19-13-16(18)14-8-10-15(11-9-14)17(2,3)4/h8-11,16H,5-7,12-13,18H2,1-4H3. The van der Waals surface area contributed by atoms with Crippen molar-refractivity contribution < 1.29 is 0 Å². The van der Waals surface area contributed by atoms with Crippen LogP contribution in [0.3, 0.4) is 0 Å². The van der Waals surface area contributed by atoms with Crippen molar-refractivity contribution in [1.82, 2.24) is 0 Å². The molecule has 1 rings (SSSR count). The molecule has 1 nitrogen and oxygen atoms in total. The zero-order valence-corrected chi connectivity index (χ0v) is 13.7. The highest BCUT2D eigenvalue weighted by Crippen LogP contribution is 2.24. The molecule has 19 heavy (non-hydrogen) atoms. The van der Waals surface area contributed by atoms with Crippen LogP contribution in [0.2, 0.25) is 0 Å². The lowest BCUT2D eigenvalue weighted by Crippen LogP contribution is -2.15. The van der Waals surface area contributed by atoms with E-state index in [4.69, 9.17) is 5.73 Å². The number of hydrogen-bond acceptors (Lipinski definition) is 2. The highest BCUT2D eigenvalue weighted by atomic mass is 32.2. The Labute approximate surface area is 123 Å². The summed E-state index contributed by atoms with van der Waals surface area (Å²) in [5, 5.41) is 0. The van der Waals surface area contributed by atoms with Crippen molar-refractivity contribution in [2.75, 3.05) is 11.5 Å². The first-order chi connectivity index (χ1) is 8.95. The van der Waals surface area contributed by atoms with E-state index in [1.807, 2.05) is 11.8 Å². The Kier molecular flexibility index (Phi) is 6.95. The zero-order chi connectivity index (χ0) is 14.3. The van der Waals surface area contributed by atoms with E-state index in [-0.39, 0.29) is 11.5 Å². The fraction of sp³-hybridized carbons (Fsp3) is 0.647. The quantitative estimate of drug-likeness (QED) is 0.718. The normalized spacial score (nSPS) is 13.5. The maximum absolute atomic E-state index is 6.25. The summed E-state index contributed by atoms with van der Waals surface area (Å²) >= 11 is 1.98. The molecule has 0 aliphatic heterocycles. The second kappa shape index (κ2) is 7.96. The SMILES string of the molecule is CCCCCSCC(N)c1ccc(C(C)(C)C)cc1. The van der Waals surface area contributed by atoms with Crippen molar-refractivity contribution in [3.8, 4) is 0 Å². The molecule has 0 aromatic heterocycles. The molecule has 0 heterocycles. The molecule has 1 aromatic rings. The van der Waals surface area contributed by atoms with Crippen molar-refractivity contribution >= 4 is 11.8 Å². The van der Waals surface area contributed by atoms with Crippen LogP contribution in [-0.4, -0.2) is 11.5 Å². The third-order valence-corrected chi connectivity index (χ3v) is 4.57. The second-order valence-electron chi connectivity index (χ2n) is 6.26. The molecule has 1 unspecified atom stereocenters. The minimum atomic E-state index is 0.167. The van der Waals surface area contributed by atoms with Crippen molar-refractivity contribution in [2.45, 2.75) is 58.4 Å². The van der Waals surface area contributed by atoms with E-state index in [9.17, 15) is 0 Å². The first kappa shape index (κ1) is 16.6. The first-order valence-corrected chi connectivity index (χ1v) is 8.54. The molecule has 0 saturated heterocycles. The lowest BCUT2D eigenvalue weighted by Gasteiger charge is -2.20. The summed E-state index contributed by atoms with van der Waals surface area (Å²) in [4.78, 5) is 0. The zero-order valence-electron chi connectivity index (χ0n) is 12.9. The topological polar surface area (TPSA) is 26.0 Å². The average molecular weight is 279 g/mol. The molecule has 2 N–H and O–H groups in total. The van der Waals surface area contributed by atoms with E-state index in [0.29, 0.717) is 0 Å². The van der Waals surface area contributed by atoms with E-state index in [0.717, 1.165) is 5.75 Å². The summed E-state index contributed by atoms with van der Waals surface area (Å²) in [5.41, 5.74) is 9.10. The molecule has 0 aliphatic rings. The summed E-state index contributed by atoms with van der Waals surface area (Å²) in [6.07, 6.45) is 3.94. The smallest absolute Gasteiger partial charge is 0.0386 e. The van der Waals surface area contributed by atoms with Crippen molar-refractivity contribution in [1.29, 1.82) is 0 Å². The number of nitrogens with two attached hydrogens (primary N) is 1. The Morgan fingerprint density at radius 1 is 1.11 bits per heavy atom. The van der Waals surface area contributed by atoms with Gasteiger partial charge in [-0.2, -0.15) is 11.8 Å². The van der Waals surface area contributed by atoms with Gasteiger partial charge in [-0.3, -0.25) is 0 Å². The summed E-state index contributed by atoms with van der Waals surface area (Å²) < 4.78 is 0. The van der Waals surface area contributed by atoms with Gasteiger partial charge in [-0.15, -0.1) is 0 Å². The molecule has 0 radical (unpaired) electrons. The third-order valence-electron chi connectivity index (χ3n) is 3.39. The molecule has 0 saturated carbocycles. The first-order valence-electron chi connectivity index (χ1n) is 7.39.